The van der Waals surface area contributed by atoms with Gasteiger partial charge in [-0.1, -0.05) is 12.1 Å². The predicted octanol–water partition coefficient (Wildman–Crippen LogP) is 1.90. The molecule has 1 aromatic carbocycles. The molecule has 0 saturated carbocycles. The topological polar surface area (TPSA) is 82.2 Å². The zero-order chi connectivity index (χ0) is 16.1. The molecule has 6 nitrogen and oxygen atoms in total. The van der Waals surface area contributed by atoms with Crippen molar-refractivity contribution in [2.45, 2.75) is 26.8 Å². The van der Waals surface area contributed by atoms with E-state index >= 15 is 0 Å². The number of carbonyl (C=O) groups is 1. The molecule has 118 valence electrons. The maximum atomic E-state index is 10.8. The molecule has 0 fully saturated rings. The smallest absolute Gasteiger partial charge is 0.220 e. The molecule has 2 rings (SSSR count). The van der Waals surface area contributed by atoms with E-state index in [9.17, 15) is 4.79 Å². The zero-order valence-electron chi connectivity index (χ0n) is 13.2. The number of carbonyl (C=O) groups excluding carboxylic acids is 1. The summed E-state index contributed by atoms with van der Waals surface area (Å²) in [6.07, 6.45) is 0.204. The standard InChI is InChI=1S/C16H22N4O2/c1-11-13(12(2)20(3)19-11)10-18-14-6-4-5-7-15(14)22-9-8-16(17)21/h4-7,18H,8-10H2,1-3H3,(H2,17,21). The van der Waals surface area contributed by atoms with Gasteiger partial charge in [0.15, 0.2) is 0 Å². The highest BCUT2D eigenvalue weighted by molar-refractivity contribution is 5.73. The van der Waals surface area contributed by atoms with Crippen molar-refractivity contribution in [3.8, 4) is 5.75 Å². The van der Waals surface area contributed by atoms with Crippen molar-refractivity contribution < 1.29 is 9.53 Å². The number of rotatable bonds is 7. The van der Waals surface area contributed by atoms with Gasteiger partial charge in [-0.3, -0.25) is 9.48 Å². The largest absolute Gasteiger partial charge is 0.491 e. The molecule has 2 aromatic rings. The van der Waals surface area contributed by atoms with Gasteiger partial charge in [0.25, 0.3) is 0 Å². The number of benzene rings is 1. The molecule has 0 saturated heterocycles. The number of para-hydroxylation sites is 2. The molecular formula is C16H22N4O2. The highest BCUT2D eigenvalue weighted by atomic mass is 16.5. The predicted molar refractivity (Wildman–Crippen MR) is 85.8 cm³/mol. The second-order valence-electron chi connectivity index (χ2n) is 5.19. The van der Waals surface area contributed by atoms with E-state index in [1.165, 1.54) is 5.56 Å². The van der Waals surface area contributed by atoms with Gasteiger partial charge in [-0.25, -0.2) is 0 Å². The molecule has 0 aliphatic rings. The summed E-state index contributed by atoms with van der Waals surface area (Å²) in [6, 6.07) is 7.64. The number of aryl methyl sites for hydroxylation is 2. The van der Waals surface area contributed by atoms with Gasteiger partial charge in [0.05, 0.1) is 24.4 Å². The van der Waals surface area contributed by atoms with Crippen LogP contribution < -0.4 is 15.8 Å². The minimum atomic E-state index is -0.368. The first-order valence-electron chi connectivity index (χ1n) is 7.22. The number of primary amides is 1. The van der Waals surface area contributed by atoms with Crippen molar-refractivity contribution in [3.63, 3.8) is 0 Å². The Balaban J connectivity index is 2.05. The lowest BCUT2D eigenvalue weighted by Crippen LogP contribution is -2.15. The van der Waals surface area contributed by atoms with Gasteiger partial charge in [0.2, 0.25) is 5.91 Å². The number of aromatic nitrogens is 2. The summed E-state index contributed by atoms with van der Waals surface area (Å²) in [5.74, 6) is 0.343. The Bertz CT molecular complexity index is 664. The first-order chi connectivity index (χ1) is 10.5. The molecule has 1 aromatic heterocycles. The second-order valence-corrected chi connectivity index (χ2v) is 5.19. The Morgan fingerprint density at radius 1 is 1.36 bits per heavy atom. The summed E-state index contributed by atoms with van der Waals surface area (Å²) in [5.41, 5.74) is 9.33. The lowest BCUT2D eigenvalue weighted by atomic mass is 10.2. The van der Waals surface area contributed by atoms with Crippen molar-refractivity contribution in [2.24, 2.45) is 12.8 Å². The van der Waals surface area contributed by atoms with Crippen molar-refractivity contribution in [2.75, 3.05) is 11.9 Å². The fourth-order valence-corrected chi connectivity index (χ4v) is 2.26. The van der Waals surface area contributed by atoms with Gasteiger partial charge >= 0.3 is 0 Å². The normalized spacial score (nSPS) is 10.5. The van der Waals surface area contributed by atoms with Crippen LogP contribution in [0.4, 0.5) is 5.69 Å². The molecule has 0 aliphatic carbocycles. The molecule has 0 atom stereocenters. The average Bonchev–Trinajstić information content (AvgIpc) is 2.71. The maximum Gasteiger partial charge on any atom is 0.220 e. The number of hydrogen-bond donors (Lipinski definition) is 2. The number of hydrogen-bond acceptors (Lipinski definition) is 4. The van der Waals surface area contributed by atoms with E-state index in [1.807, 2.05) is 49.8 Å². The third-order valence-corrected chi connectivity index (χ3v) is 3.61. The van der Waals surface area contributed by atoms with Crippen LogP contribution in [0.15, 0.2) is 24.3 Å². The Hall–Kier alpha value is -2.50. The van der Waals surface area contributed by atoms with Gasteiger partial charge in [0, 0.05) is 24.8 Å². The fraction of sp³-hybridized carbons (Fsp3) is 0.375. The third-order valence-electron chi connectivity index (χ3n) is 3.61. The van der Waals surface area contributed by atoms with Crippen LogP contribution >= 0.6 is 0 Å². The second kappa shape index (κ2) is 6.98. The summed E-state index contributed by atoms with van der Waals surface area (Å²) in [6.45, 7) is 4.99. The quantitative estimate of drug-likeness (QED) is 0.818. The van der Waals surface area contributed by atoms with E-state index in [0.717, 1.165) is 17.1 Å². The van der Waals surface area contributed by atoms with Crippen molar-refractivity contribution in [1.29, 1.82) is 0 Å². The van der Waals surface area contributed by atoms with Crippen LogP contribution in [0.25, 0.3) is 0 Å². The van der Waals surface area contributed by atoms with Gasteiger partial charge in [-0.05, 0) is 26.0 Å². The summed E-state index contributed by atoms with van der Waals surface area (Å²) in [4.78, 5) is 10.8. The summed E-state index contributed by atoms with van der Waals surface area (Å²) in [7, 11) is 1.94. The fourth-order valence-electron chi connectivity index (χ4n) is 2.26. The first kappa shape index (κ1) is 15.9. The SMILES string of the molecule is Cc1nn(C)c(C)c1CNc1ccccc1OCCC(N)=O. The highest BCUT2D eigenvalue weighted by Crippen LogP contribution is 2.25. The minimum absolute atomic E-state index is 0.204. The van der Waals surface area contributed by atoms with Crippen LogP contribution in [-0.2, 0) is 18.4 Å². The van der Waals surface area contributed by atoms with Gasteiger partial charge in [-0.15, -0.1) is 0 Å². The Morgan fingerprint density at radius 2 is 2.09 bits per heavy atom. The van der Waals surface area contributed by atoms with Crippen LogP contribution in [0.3, 0.4) is 0 Å². The minimum Gasteiger partial charge on any atom is -0.491 e. The highest BCUT2D eigenvalue weighted by Gasteiger charge is 2.10. The number of nitrogens with two attached hydrogens (primary N) is 1. The number of ether oxygens (including phenoxy) is 1. The van der Waals surface area contributed by atoms with E-state index in [1.54, 1.807) is 0 Å². The van der Waals surface area contributed by atoms with Crippen molar-refractivity contribution in [3.05, 3.63) is 41.2 Å². The van der Waals surface area contributed by atoms with Crippen LogP contribution in [0.2, 0.25) is 0 Å². The lowest BCUT2D eigenvalue weighted by Gasteiger charge is -2.13. The summed E-state index contributed by atoms with van der Waals surface area (Å²) >= 11 is 0. The lowest BCUT2D eigenvalue weighted by molar-refractivity contribution is -0.118. The van der Waals surface area contributed by atoms with E-state index in [4.69, 9.17) is 10.5 Å². The molecule has 1 amide bonds. The Kier molecular flexibility index (Phi) is 5.04. The van der Waals surface area contributed by atoms with Gasteiger partial charge in [-0.2, -0.15) is 5.10 Å². The average molecular weight is 302 g/mol. The molecule has 0 bridgehead atoms. The molecule has 1 heterocycles. The Morgan fingerprint density at radius 3 is 2.73 bits per heavy atom. The monoisotopic (exact) mass is 302 g/mol. The molecule has 6 heteroatoms. The molecular weight excluding hydrogens is 280 g/mol. The molecule has 0 aliphatic heterocycles. The molecule has 3 N–H and O–H groups in total. The zero-order valence-corrected chi connectivity index (χ0v) is 13.2. The number of amides is 1. The van der Waals surface area contributed by atoms with E-state index in [-0.39, 0.29) is 18.9 Å². The summed E-state index contributed by atoms with van der Waals surface area (Å²) < 4.78 is 7.49. The molecule has 0 radical (unpaired) electrons. The number of nitrogens with zero attached hydrogens (tertiary/aromatic N) is 2. The van der Waals surface area contributed by atoms with E-state index < -0.39 is 0 Å². The first-order valence-corrected chi connectivity index (χ1v) is 7.22. The van der Waals surface area contributed by atoms with Crippen LogP contribution in [0.5, 0.6) is 5.75 Å². The van der Waals surface area contributed by atoms with E-state index in [2.05, 4.69) is 10.4 Å². The third kappa shape index (κ3) is 3.78. The van der Waals surface area contributed by atoms with Crippen molar-refractivity contribution >= 4 is 11.6 Å². The van der Waals surface area contributed by atoms with Gasteiger partial charge < -0.3 is 15.8 Å². The molecule has 0 spiro atoms. The van der Waals surface area contributed by atoms with Gasteiger partial charge in [0.1, 0.15) is 5.75 Å². The van der Waals surface area contributed by atoms with E-state index in [0.29, 0.717) is 12.3 Å². The van der Waals surface area contributed by atoms with Crippen LogP contribution in [-0.4, -0.2) is 22.3 Å². The number of anilines is 1. The van der Waals surface area contributed by atoms with Crippen LogP contribution in [0.1, 0.15) is 23.4 Å². The van der Waals surface area contributed by atoms with Crippen LogP contribution in [0, 0.1) is 13.8 Å². The van der Waals surface area contributed by atoms with Crippen molar-refractivity contribution in [1.82, 2.24) is 9.78 Å². The molecule has 0 unspecified atom stereocenters. The maximum absolute atomic E-state index is 10.8. The number of nitrogens with one attached hydrogen (secondary N) is 1. The molecule has 22 heavy (non-hydrogen) atoms. The Labute approximate surface area is 130 Å². The summed E-state index contributed by atoms with van der Waals surface area (Å²) in [5, 5.41) is 7.78.